The van der Waals surface area contributed by atoms with Gasteiger partial charge in [-0.2, -0.15) is 0 Å². The molecular formula is C6H11ClO5. The number of halogens is 1. The van der Waals surface area contributed by atoms with Gasteiger partial charge in [-0.05, 0) is 0 Å². The highest BCUT2D eigenvalue weighted by Crippen LogP contribution is 2.20. The van der Waals surface area contributed by atoms with E-state index in [9.17, 15) is 5.11 Å². The van der Waals surface area contributed by atoms with Crippen LogP contribution in [0.4, 0.5) is 0 Å². The number of aliphatic hydroxyl groups is 4. The zero-order valence-electron chi connectivity index (χ0n) is 6.17. The summed E-state index contributed by atoms with van der Waals surface area (Å²) in [6.45, 7) is 0. The molecule has 0 spiro atoms. The smallest absolute Gasteiger partial charge is 0.184 e. The van der Waals surface area contributed by atoms with E-state index in [2.05, 4.69) is 0 Å². The van der Waals surface area contributed by atoms with Crippen molar-refractivity contribution in [2.24, 2.45) is 0 Å². The highest BCUT2D eigenvalue weighted by molar-refractivity contribution is 6.18. The minimum atomic E-state index is -1.49. The molecule has 0 aromatic heterocycles. The Hall–Kier alpha value is 0.0900. The van der Waals surface area contributed by atoms with Crippen molar-refractivity contribution in [3.05, 3.63) is 0 Å². The molecule has 72 valence electrons. The molecule has 0 aliphatic carbocycles. The molecule has 1 saturated heterocycles. The number of alkyl halides is 1. The van der Waals surface area contributed by atoms with Gasteiger partial charge in [0, 0.05) is 0 Å². The molecular weight excluding hydrogens is 188 g/mol. The van der Waals surface area contributed by atoms with E-state index in [0.29, 0.717) is 0 Å². The molecule has 12 heavy (non-hydrogen) atoms. The van der Waals surface area contributed by atoms with Crippen molar-refractivity contribution < 1.29 is 25.2 Å². The van der Waals surface area contributed by atoms with Gasteiger partial charge in [0.05, 0.1) is 5.88 Å². The Labute approximate surface area is 74.2 Å². The number of ether oxygens (including phenoxy) is 1. The van der Waals surface area contributed by atoms with Crippen LogP contribution in [0.3, 0.4) is 0 Å². The summed E-state index contributed by atoms with van der Waals surface area (Å²) < 4.78 is 4.69. The molecule has 5 nitrogen and oxygen atoms in total. The van der Waals surface area contributed by atoms with Gasteiger partial charge in [-0.25, -0.2) is 0 Å². The van der Waals surface area contributed by atoms with E-state index in [0.717, 1.165) is 0 Å². The minimum Gasteiger partial charge on any atom is -0.388 e. The summed E-state index contributed by atoms with van der Waals surface area (Å²) in [5.74, 6) is -0.0536. The molecule has 5 atom stereocenters. The van der Waals surface area contributed by atoms with Gasteiger partial charge in [0.15, 0.2) is 6.29 Å². The first-order valence-electron chi connectivity index (χ1n) is 3.51. The second kappa shape index (κ2) is 3.87. The van der Waals surface area contributed by atoms with Gasteiger partial charge < -0.3 is 25.2 Å². The predicted octanol–water partition coefficient (Wildman–Crippen LogP) is -1.97. The Bertz CT molecular complexity index is 150. The first-order valence-corrected chi connectivity index (χ1v) is 4.05. The Balaban J connectivity index is 2.63. The van der Waals surface area contributed by atoms with E-state index in [4.69, 9.17) is 31.7 Å². The molecule has 0 radical (unpaired) electrons. The molecule has 0 saturated carbocycles. The maximum atomic E-state index is 9.20. The molecule has 1 rings (SSSR count). The molecule has 1 heterocycles. The van der Waals surface area contributed by atoms with Crippen LogP contribution in [0.2, 0.25) is 0 Å². The lowest BCUT2D eigenvalue weighted by Crippen LogP contribution is -2.57. The summed E-state index contributed by atoms with van der Waals surface area (Å²) >= 11 is 5.36. The zero-order chi connectivity index (χ0) is 9.30. The molecule has 4 N–H and O–H groups in total. The van der Waals surface area contributed by atoms with E-state index >= 15 is 0 Å². The quantitative estimate of drug-likeness (QED) is 0.367. The normalized spacial score (nSPS) is 49.2. The summed E-state index contributed by atoms with van der Waals surface area (Å²) in [5.41, 5.74) is 0. The number of hydrogen-bond acceptors (Lipinski definition) is 5. The van der Waals surface area contributed by atoms with Crippen LogP contribution >= 0.6 is 11.6 Å². The first-order chi connectivity index (χ1) is 5.57. The van der Waals surface area contributed by atoms with Crippen molar-refractivity contribution in [1.82, 2.24) is 0 Å². The van der Waals surface area contributed by atoms with Gasteiger partial charge in [-0.3, -0.25) is 0 Å². The van der Waals surface area contributed by atoms with Gasteiger partial charge in [0.2, 0.25) is 0 Å². The summed E-state index contributed by atoms with van der Waals surface area (Å²) in [6.07, 6.45) is -6.51. The van der Waals surface area contributed by atoms with Crippen LogP contribution in [-0.4, -0.2) is 57.0 Å². The van der Waals surface area contributed by atoms with Crippen molar-refractivity contribution in [2.75, 3.05) is 5.88 Å². The second-order valence-electron chi connectivity index (χ2n) is 2.69. The Kier molecular flexibility index (Phi) is 3.28. The molecule has 0 amide bonds. The Morgan fingerprint density at radius 3 is 2.08 bits per heavy atom. The summed E-state index contributed by atoms with van der Waals surface area (Å²) in [4.78, 5) is 0. The minimum absolute atomic E-state index is 0.0536. The zero-order valence-corrected chi connectivity index (χ0v) is 6.92. The third-order valence-electron chi connectivity index (χ3n) is 1.84. The predicted molar refractivity (Wildman–Crippen MR) is 39.6 cm³/mol. The maximum absolute atomic E-state index is 9.20. The van der Waals surface area contributed by atoms with Crippen molar-refractivity contribution >= 4 is 11.6 Å². The highest BCUT2D eigenvalue weighted by atomic mass is 35.5. The number of aliphatic hydroxyl groups excluding tert-OH is 4. The first kappa shape index (κ1) is 10.2. The fourth-order valence-corrected chi connectivity index (χ4v) is 1.31. The lowest BCUT2D eigenvalue weighted by atomic mass is 10.0. The van der Waals surface area contributed by atoms with Gasteiger partial charge in [0.25, 0.3) is 0 Å². The molecule has 1 aliphatic rings. The number of rotatable bonds is 1. The van der Waals surface area contributed by atoms with Gasteiger partial charge in [0.1, 0.15) is 24.4 Å². The van der Waals surface area contributed by atoms with Crippen LogP contribution in [-0.2, 0) is 4.74 Å². The SMILES string of the molecule is O[C@H]1[C@H](O)[C@@H](O)O[C@H](CCl)[C@H]1O. The van der Waals surface area contributed by atoms with E-state index < -0.39 is 30.7 Å². The van der Waals surface area contributed by atoms with E-state index in [1.807, 2.05) is 0 Å². The molecule has 0 aromatic carbocycles. The molecule has 1 aliphatic heterocycles. The van der Waals surface area contributed by atoms with Crippen LogP contribution in [0.5, 0.6) is 0 Å². The van der Waals surface area contributed by atoms with Crippen molar-refractivity contribution in [1.29, 1.82) is 0 Å². The summed E-state index contributed by atoms with van der Waals surface area (Å²) in [5, 5.41) is 36.3. The van der Waals surface area contributed by atoms with Crippen molar-refractivity contribution in [3.63, 3.8) is 0 Å². The molecule has 6 heteroatoms. The van der Waals surface area contributed by atoms with E-state index in [-0.39, 0.29) is 5.88 Å². The van der Waals surface area contributed by atoms with Gasteiger partial charge >= 0.3 is 0 Å². The average Bonchev–Trinajstić information content (AvgIpc) is 2.08. The monoisotopic (exact) mass is 198 g/mol. The van der Waals surface area contributed by atoms with Crippen LogP contribution in [0.25, 0.3) is 0 Å². The van der Waals surface area contributed by atoms with Crippen molar-refractivity contribution in [2.45, 2.75) is 30.7 Å². The van der Waals surface area contributed by atoms with Crippen molar-refractivity contribution in [3.8, 4) is 0 Å². The Morgan fingerprint density at radius 1 is 1.00 bits per heavy atom. The second-order valence-corrected chi connectivity index (χ2v) is 3.00. The largest absolute Gasteiger partial charge is 0.388 e. The maximum Gasteiger partial charge on any atom is 0.184 e. The highest BCUT2D eigenvalue weighted by Gasteiger charge is 2.42. The van der Waals surface area contributed by atoms with Gasteiger partial charge in [-0.1, -0.05) is 0 Å². The topological polar surface area (TPSA) is 90.2 Å². The summed E-state index contributed by atoms with van der Waals surface area (Å²) in [7, 11) is 0. The Morgan fingerprint density at radius 2 is 1.58 bits per heavy atom. The molecule has 0 aromatic rings. The molecule has 0 unspecified atom stereocenters. The van der Waals surface area contributed by atoms with E-state index in [1.54, 1.807) is 0 Å². The lowest BCUT2D eigenvalue weighted by Gasteiger charge is -2.37. The van der Waals surface area contributed by atoms with E-state index in [1.165, 1.54) is 0 Å². The molecule has 0 bridgehead atoms. The average molecular weight is 199 g/mol. The summed E-state index contributed by atoms with van der Waals surface area (Å²) in [6, 6.07) is 0. The fraction of sp³-hybridized carbons (Fsp3) is 1.00. The number of hydrogen-bond donors (Lipinski definition) is 4. The third kappa shape index (κ3) is 1.71. The van der Waals surface area contributed by atoms with Crippen LogP contribution in [0.1, 0.15) is 0 Å². The third-order valence-corrected chi connectivity index (χ3v) is 2.14. The van der Waals surface area contributed by atoms with Gasteiger partial charge in [-0.15, -0.1) is 11.6 Å². The van der Waals surface area contributed by atoms with Crippen LogP contribution in [0, 0.1) is 0 Å². The standard InChI is InChI=1S/C6H11ClO5/c7-1-2-3(8)4(9)5(10)6(11)12-2/h2-6,8-11H,1H2/t2-,3-,4-,5+,6+/m1/s1. The van der Waals surface area contributed by atoms with Crippen LogP contribution in [0.15, 0.2) is 0 Å². The van der Waals surface area contributed by atoms with Crippen LogP contribution < -0.4 is 0 Å². The lowest BCUT2D eigenvalue weighted by molar-refractivity contribution is -0.276. The fourth-order valence-electron chi connectivity index (χ4n) is 1.06. The molecule has 1 fully saturated rings.